The van der Waals surface area contributed by atoms with Crippen LogP contribution in [0.25, 0.3) is 0 Å². The maximum atomic E-state index is 13.7. The molecule has 3 N–H and O–H groups in total. The van der Waals surface area contributed by atoms with Gasteiger partial charge in [-0.1, -0.05) is 67.9 Å². The zero-order valence-corrected chi connectivity index (χ0v) is 23.0. The summed E-state index contributed by atoms with van der Waals surface area (Å²) in [7, 11) is 0. The van der Waals surface area contributed by atoms with E-state index < -0.39 is 11.8 Å². The van der Waals surface area contributed by atoms with Crippen molar-refractivity contribution < 1.29 is 14.3 Å². The molecule has 0 fully saturated rings. The lowest BCUT2D eigenvalue weighted by atomic mass is 9.69. The lowest BCUT2D eigenvalue weighted by Crippen LogP contribution is -2.49. The van der Waals surface area contributed by atoms with E-state index in [2.05, 4.69) is 11.5 Å². The number of carbonyl (C=O) groups excluding carboxylic acids is 2. The minimum atomic E-state index is -0.657. The molecule has 1 amide bonds. The van der Waals surface area contributed by atoms with Crippen LogP contribution in [0.3, 0.4) is 0 Å². The van der Waals surface area contributed by atoms with Crippen LogP contribution in [0, 0.1) is 16.7 Å². The number of amides is 1. The summed E-state index contributed by atoms with van der Waals surface area (Å²) in [5, 5.41) is 12.2. The molecule has 0 saturated carbocycles. The molecule has 0 spiro atoms. The van der Waals surface area contributed by atoms with Crippen LogP contribution in [0.2, 0.25) is 5.02 Å². The van der Waals surface area contributed by atoms with E-state index >= 15 is 0 Å². The van der Waals surface area contributed by atoms with Crippen LogP contribution in [0.4, 0.5) is 0 Å². The molecule has 2 aliphatic rings. The van der Waals surface area contributed by atoms with Crippen molar-refractivity contribution in [3.8, 4) is 11.8 Å². The molecule has 3 aromatic rings. The zero-order chi connectivity index (χ0) is 28.4. The first-order chi connectivity index (χ1) is 19.2. The van der Waals surface area contributed by atoms with E-state index in [0.717, 1.165) is 11.1 Å². The van der Waals surface area contributed by atoms with Crippen molar-refractivity contribution in [2.45, 2.75) is 39.2 Å². The molecule has 5 rings (SSSR count). The molecule has 1 unspecified atom stereocenters. The van der Waals surface area contributed by atoms with Crippen LogP contribution < -0.4 is 15.9 Å². The number of Topliss-reactive ketones (excluding diaryl/α,β-unsaturated/α-hetero) is 1. The molecule has 8 heteroatoms. The standard InChI is InChI=1S/C32H29ClN4O3/c1-32(2)16-26-29(27(38)17-32)28(21-10-14-24(15-11-21)40-19-20-6-4-3-5-7-20)25(18-34)30(35)37(26)36-31(39)22-8-12-23(33)13-9-22/h3-15,28H,16-17,19,35H2,1-2H3,(H,36,39). The molecule has 1 aliphatic heterocycles. The number of ketones is 1. The van der Waals surface area contributed by atoms with E-state index in [0.29, 0.717) is 47.1 Å². The molecule has 0 aromatic heterocycles. The number of nitrogens with one attached hydrogen (secondary N) is 1. The molecule has 1 atom stereocenters. The van der Waals surface area contributed by atoms with E-state index in [1.807, 2.05) is 68.4 Å². The largest absolute Gasteiger partial charge is 0.489 e. The van der Waals surface area contributed by atoms with Gasteiger partial charge in [0, 0.05) is 22.6 Å². The lowest BCUT2D eigenvalue weighted by Gasteiger charge is -2.43. The van der Waals surface area contributed by atoms with Gasteiger partial charge >= 0.3 is 0 Å². The Balaban J connectivity index is 1.50. The van der Waals surface area contributed by atoms with E-state index in [-0.39, 0.29) is 22.6 Å². The number of halogens is 1. The number of rotatable bonds is 6. The average Bonchev–Trinajstić information content (AvgIpc) is 2.94. The monoisotopic (exact) mass is 552 g/mol. The van der Waals surface area contributed by atoms with Gasteiger partial charge in [-0.15, -0.1) is 0 Å². The van der Waals surface area contributed by atoms with Gasteiger partial charge in [0.05, 0.1) is 23.3 Å². The maximum Gasteiger partial charge on any atom is 0.270 e. The Kier molecular flexibility index (Phi) is 7.38. The van der Waals surface area contributed by atoms with Gasteiger partial charge in [0.2, 0.25) is 0 Å². The molecular weight excluding hydrogens is 524 g/mol. The highest BCUT2D eigenvalue weighted by Crippen LogP contribution is 2.48. The normalized spacial score (nSPS) is 18.2. The van der Waals surface area contributed by atoms with Crippen molar-refractivity contribution in [3.05, 3.63) is 123 Å². The summed E-state index contributed by atoms with van der Waals surface area (Å²) < 4.78 is 5.93. The number of hydrazine groups is 1. The van der Waals surface area contributed by atoms with Gasteiger partial charge in [0.15, 0.2) is 5.78 Å². The second-order valence-corrected chi connectivity index (χ2v) is 11.2. The Morgan fingerprint density at radius 3 is 2.40 bits per heavy atom. The summed E-state index contributed by atoms with van der Waals surface area (Å²) >= 11 is 5.98. The molecule has 1 aliphatic carbocycles. The van der Waals surface area contributed by atoms with Crippen molar-refractivity contribution in [2.24, 2.45) is 11.1 Å². The Morgan fingerprint density at radius 2 is 1.75 bits per heavy atom. The molecule has 202 valence electrons. The minimum Gasteiger partial charge on any atom is -0.489 e. The zero-order valence-electron chi connectivity index (χ0n) is 22.3. The number of ether oxygens (including phenoxy) is 1. The van der Waals surface area contributed by atoms with Crippen molar-refractivity contribution in [2.75, 3.05) is 0 Å². The summed E-state index contributed by atoms with van der Waals surface area (Å²) in [6, 6.07) is 25.9. The molecular formula is C32H29ClN4O3. The van der Waals surface area contributed by atoms with Crippen molar-refractivity contribution in [3.63, 3.8) is 0 Å². The van der Waals surface area contributed by atoms with Crippen LogP contribution in [-0.2, 0) is 11.4 Å². The third-order valence-electron chi connectivity index (χ3n) is 7.16. The molecule has 40 heavy (non-hydrogen) atoms. The molecule has 3 aromatic carbocycles. The van der Waals surface area contributed by atoms with Crippen LogP contribution in [0.5, 0.6) is 5.75 Å². The molecule has 0 bridgehead atoms. The van der Waals surface area contributed by atoms with Gasteiger partial charge in [0.1, 0.15) is 18.2 Å². The third kappa shape index (κ3) is 5.45. The van der Waals surface area contributed by atoms with Crippen molar-refractivity contribution in [1.29, 1.82) is 5.26 Å². The van der Waals surface area contributed by atoms with E-state index in [9.17, 15) is 14.9 Å². The number of nitriles is 1. The fourth-order valence-electron chi connectivity index (χ4n) is 5.23. The van der Waals surface area contributed by atoms with Gasteiger partial charge in [-0.3, -0.25) is 15.0 Å². The molecule has 7 nitrogen and oxygen atoms in total. The van der Waals surface area contributed by atoms with Gasteiger partial charge in [-0.2, -0.15) is 5.26 Å². The Labute approximate surface area is 238 Å². The van der Waals surface area contributed by atoms with Gasteiger partial charge in [-0.05, 0) is 59.4 Å². The van der Waals surface area contributed by atoms with Gasteiger partial charge in [-0.25, -0.2) is 5.01 Å². The Bertz CT molecular complexity index is 1550. The fourth-order valence-corrected chi connectivity index (χ4v) is 5.36. The number of allylic oxidation sites excluding steroid dienone is 3. The van der Waals surface area contributed by atoms with Crippen LogP contribution in [0.15, 0.2) is 102 Å². The number of nitrogens with two attached hydrogens (primary N) is 1. The van der Waals surface area contributed by atoms with Crippen LogP contribution in [0.1, 0.15) is 54.1 Å². The Hall–Kier alpha value is -4.54. The first-order valence-electron chi connectivity index (χ1n) is 13.0. The number of nitrogens with zero attached hydrogens (tertiary/aromatic N) is 2. The molecule has 1 heterocycles. The minimum absolute atomic E-state index is 0.0772. The number of benzene rings is 3. The second-order valence-electron chi connectivity index (χ2n) is 10.8. The van der Waals surface area contributed by atoms with Crippen molar-refractivity contribution in [1.82, 2.24) is 10.4 Å². The predicted octanol–water partition coefficient (Wildman–Crippen LogP) is 6.00. The summed E-state index contributed by atoms with van der Waals surface area (Å²) in [4.78, 5) is 26.8. The summed E-state index contributed by atoms with van der Waals surface area (Å²) in [5.41, 5.74) is 12.5. The first kappa shape index (κ1) is 27.0. The van der Waals surface area contributed by atoms with Crippen molar-refractivity contribution >= 4 is 23.3 Å². The number of hydrogen-bond donors (Lipinski definition) is 2. The predicted molar refractivity (Wildman–Crippen MR) is 153 cm³/mol. The lowest BCUT2D eigenvalue weighted by molar-refractivity contribution is -0.118. The summed E-state index contributed by atoms with van der Waals surface area (Å²) in [5.74, 6) is -0.412. The maximum absolute atomic E-state index is 13.7. The van der Waals surface area contributed by atoms with Gasteiger partial charge < -0.3 is 10.5 Å². The molecule has 0 radical (unpaired) electrons. The van der Waals surface area contributed by atoms with Crippen LogP contribution >= 0.6 is 11.6 Å². The highest BCUT2D eigenvalue weighted by atomic mass is 35.5. The van der Waals surface area contributed by atoms with E-state index in [1.165, 1.54) is 5.01 Å². The Morgan fingerprint density at radius 1 is 1.07 bits per heavy atom. The number of hydrogen-bond acceptors (Lipinski definition) is 6. The fraction of sp³-hybridized carbons (Fsp3) is 0.219. The highest BCUT2D eigenvalue weighted by molar-refractivity contribution is 6.30. The third-order valence-corrected chi connectivity index (χ3v) is 7.41. The van der Waals surface area contributed by atoms with E-state index in [4.69, 9.17) is 22.1 Å². The molecule has 0 saturated heterocycles. The van der Waals surface area contributed by atoms with E-state index in [1.54, 1.807) is 24.3 Å². The summed E-state index contributed by atoms with van der Waals surface area (Å²) in [6.07, 6.45) is 0.807. The SMILES string of the molecule is CC1(C)CC(=O)C2=C(C1)N(NC(=O)c1ccc(Cl)cc1)C(N)=C(C#N)C2c1ccc(OCc2ccccc2)cc1. The topological polar surface area (TPSA) is 108 Å². The smallest absolute Gasteiger partial charge is 0.270 e. The quantitative estimate of drug-likeness (QED) is 0.388. The second kappa shape index (κ2) is 10.9. The number of carbonyl (C=O) groups is 2. The highest BCUT2D eigenvalue weighted by Gasteiger charge is 2.44. The van der Waals surface area contributed by atoms with Gasteiger partial charge in [0.25, 0.3) is 5.91 Å². The summed E-state index contributed by atoms with van der Waals surface area (Å²) in [6.45, 7) is 4.42. The van der Waals surface area contributed by atoms with Crippen LogP contribution in [-0.4, -0.2) is 16.7 Å². The first-order valence-corrected chi connectivity index (χ1v) is 13.3. The average molecular weight is 553 g/mol.